The highest BCUT2D eigenvalue weighted by atomic mass is 16.5. The number of ether oxygens (including phenoxy) is 1. The normalized spacial score (nSPS) is 26.1. The van der Waals surface area contributed by atoms with Gasteiger partial charge in [0.1, 0.15) is 0 Å². The summed E-state index contributed by atoms with van der Waals surface area (Å²) in [5, 5.41) is 5.79. The first-order chi connectivity index (χ1) is 9.54. The third kappa shape index (κ3) is 5.90. The Kier molecular flexibility index (Phi) is 7.59. The van der Waals surface area contributed by atoms with E-state index in [1.54, 1.807) is 7.11 Å². The van der Waals surface area contributed by atoms with Crippen LogP contribution in [0, 0.1) is 11.8 Å². The average Bonchev–Trinajstić information content (AvgIpc) is 2.42. The number of methoxy groups -OCH3 is 1. The van der Waals surface area contributed by atoms with Gasteiger partial charge < -0.3 is 15.4 Å². The number of amides is 2. The van der Waals surface area contributed by atoms with Crippen molar-refractivity contribution in [3.05, 3.63) is 0 Å². The number of carbonyl (C=O) groups is 2. The first-order valence-corrected chi connectivity index (χ1v) is 7.59. The summed E-state index contributed by atoms with van der Waals surface area (Å²) in [6, 6.07) is 0.266. The molecular formula is C15H28N2O3. The Morgan fingerprint density at radius 1 is 1.15 bits per heavy atom. The number of carbonyl (C=O) groups excluding carboxylic acids is 2. The molecule has 0 aromatic heterocycles. The van der Waals surface area contributed by atoms with Crippen molar-refractivity contribution in [3.8, 4) is 0 Å². The lowest BCUT2D eigenvalue weighted by Gasteiger charge is -2.34. The van der Waals surface area contributed by atoms with E-state index in [4.69, 9.17) is 4.74 Å². The van der Waals surface area contributed by atoms with Crippen molar-refractivity contribution < 1.29 is 14.3 Å². The molecule has 1 aliphatic rings. The van der Waals surface area contributed by atoms with Gasteiger partial charge in [-0.25, -0.2) is 0 Å². The summed E-state index contributed by atoms with van der Waals surface area (Å²) in [6.45, 7) is 5.43. The zero-order valence-corrected chi connectivity index (χ0v) is 12.9. The molecule has 0 bridgehead atoms. The monoisotopic (exact) mass is 284 g/mol. The Hall–Kier alpha value is -1.10. The van der Waals surface area contributed by atoms with Crippen molar-refractivity contribution >= 4 is 11.8 Å². The maximum absolute atomic E-state index is 11.9. The molecule has 1 fully saturated rings. The van der Waals surface area contributed by atoms with Crippen LogP contribution in [0.2, 0.25) is 0 Å². The van der Waals surface area contributed by atoms with Crippen LogP contribution in [0.1, 0.15) is 46.0 Å². The first kappa shape index (κ1) is 17.0. The van der Waals surface area contributed by atoms with Gasteiger partial charge >= 0.3 is 0 Å². The smallest absolute Gasteiger partial charge is 0.220 e. The van der Waals surface area contributed by atoms with Crippen LogP contribution in [0.25, 0.3) is 0 Å². The largest absolute Gasteiger partial charge is 0.383 e. The molecule has 116 valence electrons. The maximum atomic E-state index is 11.9. The van der Waals surface area contributed by atoms with Crippen molar-refractivity contribution in [1.29, 1.82) is 0 Å². The van der Waals surface area contributed by atoms with Gasteiger partial charge in [-0.2, -0.15) is 0 Å². The standard InChI is InChI=1S/C15H28N2O3/c1-11-5-4-6-13(12(11)2)17-15(19)8-7-14(18)16-9-10-20-3/h11-13H,4-10H2,1-3H3,(H,16,18)(H,17,19)/t11-,12-,13-/m0/s1. The molecule has 0 radical (unpaired) electrons. The second-order valence-electron chi connectivity index (χ2n) is 5.78. The molecule has 1 rings (SSSR count). The van der Waals surface area contributed by atoms with E-state index in [1.165, 1.54) is 12.8 Å². The molecule has 1 aliphatic carbocycles. The maximum Gasteiger partial charge on any atom is 0.220 e. The van der Waals surface area contributed by atoms with Crippen LogP contribution in [0.15, 0.2) is 0 Å². The van der Waals surface area contributed by atoms with Crippen LogP contribution in [0.4, 0.5) is 0 Å². The highest BCUT2D eigenvalue weighted by Crippen LogP contribution is 2.29. The van der Waals surface area contributed by atoms with Crippen LogP contribution in [-0.4, -0.2) is 38.1 Å². The van der Waals surface area contributed by atoms with Crippen LogP contribution >= 0.6 is 0 Å². The fourth-order valence-corrected chi connectivity index (χ4v) is 2.67. The Bertz CT molecular complexity index is 320. The zero-order chi connectivity index (χ0) is 15.0. The van der Waals surface area contributed by atoms with Gasteiger partial charge in [-0.3, -0.25) is 9.59 Å². The summed E-state index contributed by atoms with van der Waals surface area (Å²) in [6.07, 6.45) is 3.98. The number of nitrogens with one attached hydrogen (secondary N) is 2. The van der Waals surface area contributed by atoms with E-state index >= 15 is 0 Å². The molecule has 0 saturated heterocycles. The van der Waals surface area contributed by atoms with Crippen LogP contribution in [0.5, 0.6) is 0 Å². The predicted molar refractivity (Wildman–Crippen MR) is 78.2 cm³/mol. The molecule has 0 heterocycles. The number of hydrogen-bond donors (Lipinski definition) is 2. The van der Waals surface area contributed by atoms with Crippen molar-refractivity contribution in [2.75, 3.05) is 20.3 Å². The van der Waals surface area contributed by atoms with Crippen molar-refractivity contribution in [2.24, 2.45) is 11.8 Å². The van der Waals surface area contributed by atoms with E-state index in [1.807, 2.05) is 0 Å². The van der Waals surface area contributed by atoms with Crippen LogP contribution in [-0.2, 0) is 14.3 Å². The topological polar surface area (TPSA) is 67.4 Å². The molecule has 0 spiro atoms. The van der Waals surface area contributed by atoms with Crippen LogP contribution < -0.4 is 10.6 Å². The van der Waals surface area contributed by atoms with E-state index in [2.05, 4.69) is 24.5 Å². The second-order valence-corrected chi connectivity index (χ2v) is 5.78. The van der Waals surface area contributed by atoms with E-state index in [0.29, 0.717) is 25.0 Å². The van der Waals surface area contributed by atoms with Gasteiger partial charge in [0, 0.05) is 32.5 Å². The van der Waals surface area contributed by atoms with E-state index in [9.17, 15) is 9.59 Å². The molecule has 1 saturated carbocycles. The Morgan fingerprint density at radius 2 is 1.85 bits per heavy atom. The zero-order valence-electron chi connectivity index (χ0n) is 12.9. The van der Waals surface area contributed by atoms with Gasteiger partial charge in [0.25, 0.3) is 0 Å². The summed E-state index contributed by atoms with van der Waals surface area (Å²) in [7, 11) is 1.59. The highest BCUT2D eigenvalue weighted by molar-refractivity contribution is 5.83. The molecule has 0 unspecified atom stereocenters. The second kappa shape index (κ2) is 8.95. The van der Waals surface area contributed by atoms with Crippen molar-refractivity contribution in [2.45, 2.75) is 52.0 Å². The third-order valence-corrected chi connectivity index (χ3v) is 4.26. The lowest BCUT2D eigenvalue weighted by atomic mass is 9.78. The van der Waals surface area contributed by atoms with Gasteiger partial charge in [0.2, 0.25) is 11.8 Å². The summed E-state index contributed by atoms with van der Waals surface area (Å²) < 4.78 is 4.85. The number of rotatable bonds is 7. The molecule has 0 aromatic rings. The Labute approximate surface area is 121 Å². The van der Waals surface area contributed by atoms with E-state index in [0.717, 1.165) is 6.42 Å². The predicted octanol–water partition coefficient (Wildman–Crippen LogP) is 1.47. The van der Waals surface area contributed by atoms with Crippen molar-refractivity contribution in [1.82, 2.24) is 10.6 Å². The molecule has 2 N–H and O–H groups in total. The minimum absolute atomic E-state index is 0.0159. The SMILES string of the molecule is COCCNC(=O)CCC(=O)N[C@H]1CCC[C@H](C)[C@@H]1C. The third-order valence-electron chi connectivity index (χ3n) is 4.26. The van der Waals surface area contributed by atoms with Crippen molar-refractivity contribution in [3.63, 3.8) is 0 Å². The fraction of sp³-hybridized carbons (Fsp3) is 0.867. The fourth-order valence-electron chi connectivity index (χ4n) is 2.67. The van der Waals surface area contributed by atoms with Gasteiger partial charge in [-0.1, -0.05) is 26.7 Å². The van der Waals surface area contributed by atoms with Gasteiger partial charge in [-0.05, 0) is 18.3 Å². The van der Waals surface area contributed by atoms with Gasteiger partial charge in [0.05, 0.1) is 6.61 Å². The number of hydrogen-bond acceptors (Lipinski definition) is 3. The van der Waals surface area contributed by atoms with Gasteiger partial charge in [0.15, 0.2) is 0 Å². The molecule has 0 aromatic carbocycles. The van der Waals surface area contributed by atoms with E-state index in [-0.39, 0.29) is 30.7 Å². The lowest BCUT2D eigenvalue weighted by molar-refractivity contribution is -0.127. The molecule has 20 heavy (non-hydrogen) atoms. The summed E-state index contributed by atoms with van der Waals surface area (Å²) in [4.78, 5) is 23.4. The quantitative estimate of drug-likeness (QED) is 0.696. The minimum atomic E-state index is -0.0951. The Morgan fingerprint density at radius 3 is 2.55 bits per heavy atom. The molecule has 2 amide bonds. The first-order valence-electron chi connectivity index (χ1n) is 7.59. The van der Waals surface area contributed by atoms with E-state index < -0.39 is 0 Å². The lowest BCUT2D eigenvalue weighted by Crippen LogP contribution is -2.44. The molecule has 0 aliphatic heterocycles. The highest BCUT2D eigenvalue weighted by Gasteiger charge is 2.27. The van der Waals surface area contributed by atoms with Gasteiger partial charge in [-0.15, -0.1) is 0 Å². The average molecular weight is 284 g/mol. The summed E-state index contributed by atoms with van der Waals surface area (Å²) in [5.74, 6) is 1.06. The molecule has 3 atom stereocenters. The molecule has 5 heteroatoms. The summed E-state index contributed by atoms with van der Waals surface area (Å²) >= 11 is 0. The van der Waals surface area contributed by atoms with Crippen LogP contribution in [0.3, 0.4) is 0 Å². The Balaban J connectivity index is 2.21. The minimum Gasteiger partial charge on any atom is -0.383 e. The summed E-state index contributed by atoms with van der Waals surface area (Å²) in [5.41, 5.74) is 0. The molecular weight excluding hydrogens is 256 g/mol. The molecule has 5 nitrogen and oxygen atoms in total.